The van der Waals surface area contributed by atoms with E-state index in [4.69, 9.17) is 4.99 Å². The van der Waals surface area contributed by atoms with E-state index in [0.717, 1.165) is 76.7 Å². The van der Waals surface area contributed by atoms with Gasteiger partial charge in [0.05, 0.1) is 12.2 Å². The zero-order chi connectivity index (χ0) is 22.2. The van der Waals surface area contributed by atoms with Gasteiger partial charge in [0.2, 0.25) is 0 Å². The van der Waals surface area contributed by atoms with Crippen LogP contribution >= 0.6 is 0 Å². The van der Waals surface area contributed by atoms with Crippen LogP contribution in [0.25, 0.3) is 0 Å². The molecule has 0 spiro atoms. The van der Waals surface area contributed by atoms with Gasteiger partial charge in [-0.2, -0.15) is 0 Å². The molecule has 2 heterocycles. The SMILES string of the molecule is CCNC(=NCc1ccc(N2CCN(CC)CC2)c(F)c1)NC1CCN(C(C)C)CC1. The van der Waals surface area contributed by atoms with Crippen LogP contribution in [-0.2, 0) is 6.54 Å². The van der Waals surface area contributed by atoms with Gasteiger partial charge in [-0.15, -0.1) is 0 Å². The van der Waals surface area contributed by atoms with Gasteiger partial charge in [-0.1, -0.05) is 13.0 Å². The van der Waals surface area contributed by atoms with Gasteiger partial charge in [0.25, 0.3) is 0 Å². The summed E-state index contributed by atoms with van der Waals surface area (Å²) in [6.07, 6.45) is 2.24. The Morgan fingerprint density at radius 3 is 2.39 bits per heavy atom. The number of guanidine groups is 1. The molecule has 0 radical (unpaired) electrons. The van der Waals surface area contributed by atoms with Crippen molar-refractivity contribution in [3.05, 3.63) is 29.6 Å². The lowest BCUT2D eigenvalue weighted by Crippen LogP contribution is -2.49. The predicted octanol–water partition coefficient (Wildman–Crippen LogP) is 2.90. The number of benzene rings is 1. The first kappa shape index (κ1) is 23.8. The first-order chi connectivity index (χ1) is 15.0. The third-order valence-corrected chi connectivity index (χ3v) is 6.54. The molecule has 0 aromatic heterocycles. The van der Waals surface area contributed by atoms with Gasteiger partial charge in [-0.25, -0.2) is 9.38 Å². The molecule has 3 rings (SSSR count). The van der Waals surface area contributed by atoms with Crippen LogP contribution < -0.4 is 15.5 Å². The van der Waals surface area contributed by atoms with E-state index in [1.54, 1.807) is 6.07 Å². The summed E-state index contributed by atoms with van der Waals surface area (Å²) in [7, 11) is 0. The average Bonchev–Trinajstić information content (AvgIpc) is 2.78. The second-order valence-electron chi connectivity index (χ2n) is 8.95. The summed E-state index contributed by atoms with van der Waals surface area (Å²) < 4.78 is 14.8. The number of likely N-dealkylation sites (tertiary alicyclic amines) is 1. The Kier molecular flexibility index (Phi) is 8.96. The summed E-state index contributed by atoms with van der Waals surface area (Å²) >= 11 is 0. The molecule has 2 fully saturated rings. The van der Waals surface area contributed by atoms with E-state index in [1.165, 1.54) is 0 Å². The number of anilines is 1. The summed E-state index contributed by atoms with van der Waals surface area (Å²) in [5, 5.41) is 6.92. The van der Waals surface area contributed by atoms with Gasteiger partial charge in [-0.05, 0) is 57.9 Å². The van der Waals surface area contributed by atoms with E-state index in [2.05, 4.69) is 53.0 Å². The second kappa shape index (κ2) is 11.7. The Morgan fingerprint density at radius 1 is 1.10 bits per heavy atom. The maximum Gasteiger partial charge on any atom is 0.191 e. The number of aliphatic imine (C=N–C) groups is 1. The van der Waals surface area contributed by atoms with Crippen molar-refractivity contribution in [3.8, 4) is 0 Å². The molecule has 1 aromatic carbocycles. The molecule has 7 heteroatoms. The van der Waals surface area contributed by atoms with Gasteiger partial charge < -0.3 is 25.3 Å². The molecule has 2 aliphatic rings. The Morgan fingerprint density at radius 2 is 1.81 bits per heavy atom. The van der Waals surface area contributed by atoms with E-state index in [-0.39, 0.29) is 5.82 Å². The number of halogens is 1. The molecule has 0 atom stereocenters. The van der Waals surface area contributed by atoms with E-state index < -0.39 is 0 Å². The quantitative estimate of drug-likeness (QED) is 0.513. The summed E-state index contributed by atoms with van der Waals surface area (Å²) in [6, 6.07) is 6.63. The Bertz CT molecular complexity index is 706. The summed E-state index contributed by atoms with van der Waals surface area (Å²) in [4.78, 5) is 11.8. The maximum atomic E-state index is 14.8. The first-order valence-corrected chi connectivity index (χ1v) is 12.0. The highest BCUT2D eigenvalue weighted by Gasteiger charge is 2.22. The van der Waals surface area contributed by atoms with Crippen molar-refractivity contribution in [2.45, 2.75) is 59.2 Å². The fraction of sp³-hybridized carbons (Fsp3) is 0.708. The minimum Gasteiger partial charge on any atom is -0.367 e. The lowest BCUT2D eigenvalue weighted by Gasteiger charge is -2.35. The van der Waals surface area contributed by atoms with Crippen LogP contribution in [0.15, 0.2) is 23.2 Å². The average molecular weight is 433 g/mol. The van der Waals surface area contributed by atoms with Crippen molar-refractivity contribution < 1.29 is 4.39 Å². The fourth-order valence-corrected chi connectivity index (χ4v) is 4.45. The third kappa shape index (κ3) is 6.81. The van der Waals surface area contributed by atoms with Crippen molar-refractivity contribution in [2.75, 3.05) is 57.3 Å². The monoisotopic (exact) mass is 432 g/mol. The predicted molar refractivity (Wildman–Crippen MR) is 128 cm³/mol. The molecule has 2 N–H and O–H groups in total. The molecule has 0 unspecified atom stereocenters. The smallest absolute Gasteiger partial charge is 0.191 e. The van der Waals surface area contributed by atoms with Gasteiger partial charge in [0.15, 0.2) is 5.96 Å². The molecule has 0 aliphatic carbocycles. The minimum atomic E-state index is -0.142. The number of hydrogen-bond donors (Lipinski definition) is 2. The van der Waals surface area contributed by atoms with Gasteiger partial charge in [0.1, 0.15) is 5.82 Å². The Balaban J connectivity index is 1.56. The summed E-state index contributed by atoms with van der Waals surface area (Å²) in [5.74, 6) is 0.683. The maximum absolute atomic E-state index is 14.8. The molecule has 2 saturated heterocycles. The van der Waals surface area contributed by atoms with Crippen molar-refractivity contribution in [1.29, 1.82) is 0 Å². The number of rotatable bonds is 7. The van der Waals surface area contributed by atoms with Crippen LogP contribution in [0.2, 0.25) is 0 Å². The van der Waals surface area contributed by atoms with Crippen LogP contribution in [0.5, 0.6) is 0 Å². The van der Waals surface area contributed by atoms with Crippen LogP contribution in [0, 0.1) is 5.82 Å². The summed E-state index contributed by atoms with van der Waals surface area (Å²) in [5.41, 5.74) is 1.62. The van der Waals surface area contributed by atoms with E-state index >= 15 is 0 Å². The first-order valence-electron chi connectivity index (χ1n) is 12.0. The topological polar surface area (TPSA) is 46.1 Å². The van der Waals surface area contributed by atoms with Crippen molar-refractivity contribution >= 4 is 11.6 Å². The standard InChI is InChI=1S/C24H41FN6/c1-5-26-24(28-21-9-11-30(12-10-21)19(3)4)27-18-20-7-8-23(22(25)17-20)31-15-13-29(6-2)14-16-31/h7-8,17,19,21H,5-6,9-16,18H2,1-4H3,(H2,26,27,28). The van der Waals surface area contributed by atoms with Crippen molar-refractivity contribution in [1.82, 2.24) is 20.4 Å². The van der Waals surface area contributed by atoms with Crippen molar-refractivity contribution in [3.63, 3.8) is 0 Å². The number of hydrogen-bond acceptors (Lipinski definition) is 4. The van der Waals surface area contributed by atoms with E-state index in [0.29, 0.717) is 24.3 Å². The summed E-state index contributed by atoms with van der Waals surface area (Å²) in [6.45, 7) is 17.1. The zero-order valence-corrected chi connectivity index (χ0v) is 19.8. The highest BCUT2D eigenvalue weighted by atomic mass is 19.1. The lowest BCUT2D eigenvalue weighted by atomic mass is 10.0. The largest absolute Gasteiger partial charge is 0.367 e. The van der Waals surface area contributed by atoms with Crippen LogP contribution in [-0.4, -0.2) is 80.2 Å². The normalized spacial score (nSPS) is 19.8. The second-order valence-corrected chi connectivity index (χ2v) is 8.95. The minimum absolute atomic E-state index is 0.142. The van der Waals surface area contributed by atoms with Gasteiger partial charge >= 0.3 is 0 Å². The highest BCUT2D eigenvalue weighted by molar-refractivity contribution is 5.80. The Hall–Kier alpha value is -1.86. The molecule has 2 aliphatic heterocycles. The van der Waals surface area contributed by atoms with Crippen molar-refractivity contribution in [2.24, 2.45) is 4.99 Å². The zero-order valence-electron chi connectivity index (χ0n) is 19.8. The lowest BCUT2D eigenvalue weighted by molar-refractivity contribution is 0.167. The Labute approximate surface area is 187 Å². The van der Waals surface area contributed by atoms with E-state index in [9.17, 15) is 4.39 Å². The molecule has 6 nitrogen and oxygen atoms in total. The van der Waals surface area contributed by atoms with Crippen LogP contribution in [0.4, 0.5) is 10.1 Å². The highest BCUT2D eigenvalue weighted by Crippen LogP contribution is 2.22. The molecule has 0 bridgehead atoms. The van der Waals surface area contributed by atoms with Crippen LogP contribution in [0.3, 0.4) is 0 Å². The van der Waals surface area contributed by atoms with Gasteiger partial charge in [-0.3, -0.25) is 0 Å². The molecular formula is C24H41FN6. The number of likely N-dealkylation sites (N-methyl/N-ethyl adjacent to an activating group) is 1. The molecule has 174 valence electrons. The number of nitrogens with one attached hydrogen (secondary N) is 2. The molecule has 1 aromatic rings. The van der Waals surface area contributed by atoms with Gasteiger partial charge in [0, 0.05) is 57.9 Å². The third-order valence-electron chi connectivity index (χ3n) is 6.54. The van der Waals surface area contributed by atoms with Crippen LogP contribution in [0.1, 0.15) is 46.1 Å². The van der Waals surface area contributed by atoms with E-state index in [1.807, 2.05) is 12.1 Å². The number of piperidine rings is 1. The number of piperazine rings is 1. The molecule has 0 amide bonds. The molecule has 0 saturated carbocycles. The molecule has 31 heavy (non-hydrogen) atoms. The number of nitrogens with zero attached hydrogens (tertiary/aromatic N) is 4. The fourth-order valence-electron chi connectivity index (χ4n) is 4.45. The molecular weight excluding hydrogens is 391 g/mol.